The fourth-order valence-electron chi connectivity index (χ4n) is 2.62. The highest BCUT2D eigenvalue weighted by Gasteiger charge is 2.38. The van der Waals surface area contributed by atoms with Crippen LogP contribution in [0.15, 0.2) is 52.0 Å². The molecule has 2 aromatic rings. The van der Waals surface area contributed by atoms with E-state index >= 15 is 0 Å². The number of carbonyl (C=O) groups excluding carboxylic acids is 2. The van der Waals surface area contributed by atoms with Gasteiger partial charge in [-0.05, 0) is 36.2 Å². The molecule has 0 atom stereocenters. The van der Waals surface area contributed by atoms with Crippen molar-refractivity contribution in [1.29, 1.82) is 0 Å². The van der Waals surface area contributed by atoms with E-state index in [9.17, 15) is 14.0 Å². The highest BCUT2D eigenvalue weighted by Crippen LogP contribution is 2.37. The van der Waals surface area contributed by atoms with Crippen LogP contribution in [0.3, 0.4) is 0 Å². The van der Waals surface area contributed by atoms with E-state index < -0.39 is 0 Å². The summed E-state index contributed by atoms with van der Waals surface area (Å²) < 4.78 is 18.5. The normalized spacial score (nSPS) is 14.7. The zero-order valence-electron chi connectivity index (χ0n) is 13.8. The molecule has 0 radical (unpaired) electrons. The highest BCUT2D eigenvalue weighted by atomic mass is 32.2. The molecule has 3 rings (SSSR count). The number of hydrogen-bond acceptors (Lipinski definition) is 4. The number of nitrogens with zero attached hydrogens (tertiary/aromatic N) is 1. The number of benzene rings is 1. The molecule has 1 aromatic carbocycles. The van der Waals surface area contributed by atoms with Gasteiger partial charge in [0.1, 0.15) is 11.6 Å². The summed E-state index contributed by atoms with van der Waals surface area (Å²) in [6.45, 7) is 2.40. The number of rotatable bonds is 7. The minimum absolute atomic E-state index is 0.283. The Bertz CT molecular complexity index is 797. The smallest absolute Gasteiger partial charge is 0.267 e. The first-order valence-electron chi connectivity index (χ1n) is 8.13. The van der Waals surface area contributed by atoms with E-state index in [1.165, 1.54) is 40.9 Å². The molecule has 0 saturated heterocycles. The van der Waals surface area contributed by atoms with Gasteiger partial charge >= 0.3 is 0 Å². The lowest BCUT2D eigenvalue weighted by Crippen LogP contribution is -2.32. The third-order valence-corrected chi connectivity index (χ3v) is 5.03. The van der Waals surface area contributed by atoms with Crippen LogP contribution in [0.1, 0.15) is 31.1 Å². The van der Waals surface area contributed by atoms with Crippen molar-refractivity contribution in [2.24, 2.45) is 0 Å². The van der Waals surface area contributed by atoms with Crippen LogP contribution < -0.4 is 0 Å². The molecule has 0 bridgehead atoms. The van der Waals surface area contributed by atoms with Crippen molar-refractivity contribution in [2.45, 2.75) is 25.5 Å². The number of imide groups is 1. The largest absolute Gasteiger partial charge is 0.468 e. The van der Waals surface area contributed by atoms with E-state index in [0.29, 0.717) is 28.3 Å². The summed E-state index contributed by atoms with van der Waals surface area (Å²) >= 11 is 1.28. The summed E-state index contributed by atoms with van der Waals surface area (Å²) in [4.78, 5) is 27.2. The zero-order chi connectivity index (χ0) is 17.8. The van der Waals surface area contributed by atoms with E-state index in [2.05, 4.69) is 0 Å². The van der Waals surface area contributed by atoms with Gasteiger partial charge in [-0.15, -0.1) is 11.8 Å². The number of thioether (sulfide) groups is 1. The standard InChI is InChI=1S/C19H18FNO3S/c1-2-3-10-21-18(22)16(13-6-8-14(20)9-7-13)17(19(21)23)25-12-15-5-4-11-24-15/h4-9,11H,2-3,10,12H2,1H3. The van der Waals surface area contributed by atoms with E-state index in [0.717, 1.165) is 18.6 Å². The van der Waals surface area contributed by atoms with Gasteiger partial charge in [0, 0.05) is 6.54 Å². The number of halogens is 1. The SMILES string of the molecule is CCCCN1C(=O)C(SCc2ccco2)=C(c2ccc(F)cc2)C1=O. The third kappa shape index (κ3) is 3.69. The third-order valence-electron chi connectivity index (χ3n) is 3.93. The predicted octanol–water partition coefficient (Wildman–Crippen LogP) is 4.23. The average molecular weight is 359 g/mol. The molecule has 25 heavy (non-hydrogen) atoms. The van der Waals surface area contributed by atoms with Crippen molar-refractivity contribution in [3.63, 3.8) is 0 Å². The molecule has 2 amide bonds. The van der Waals surface area contributed by atoms with E-state index in [-0.39, 0.29) is 17.6 Å². The van der Waals surface area contributed by atoms with E-state index in [1.54, 1.807) is 12.3 Å². The summed E-state index contributed by atoms with van der Waals surface area (Å²) in [5, 5.41) is 0. The molecule has 0 fully saturated rings. The number of carbonyl (C=O) groups is 2. The fourth-order valence-corrected chi connectivity index (χ4v) is 3.65. The Kier molecular flexibility index (Phi) is 5.38. The maximum Gasteiger partial charge on any atom is 0.267 e. The Labute approximate surface area is 149 Å². The van der Waals surface area contributed by atoms with Gasteiger partial charge in [-0.2, -0.15) is 0 Å². The van der Waals surface area contributed by atoms with Crippen LogP contribution >= 0.6 is 11.8 Å². The first-order chi connectivity index (χ1) is 12.1. The van der Waals surface area contributed by atoms with Crippen molar-refractivity contribution in [2.75, 3.05) is 6.54 Å². The molecule has 0 N–H and O–H groups in total. The summed E-state index contributed by atoms with van der Waals surface area (Å²) in [5.41, 5.74) is 0.901. The van der Waals surface area contributed by atoms with Crippen LogP contribution in [0.25, 0.3) is 5.57 Å². The molecule has 1 aromatic heterocycles. The van der Waals surface area contributed by atoms with Gasteiger partial charge in [-0.1, -0.05) is 25.5 Å². The minimum Gasteiger partial charge on any atom is -0.468 e. The molecule has 0 spiro atoms. The van der Waals surface area contributed by atoms with Gasteiger partial charge in [0.25, 0.3) is 11.8 Å². The van der Waals surface area contributed by atoms with Crippen LogP contribution in [0.5, 0.6) is 0 Å². The van der Waals surface area contributed by atoms with Crippen LogP contribution in [-0.2, 0) is 15.3 Å². The van der Waals surface area contributed by atoms with Crippen LogP contribution in [0.4, 0.5) is 4.39 Å². The zero-order valence-corrected chi connectivity index (χ0v) is 14.6. The van der Waals surface area contributed by atoms with Gasteiger partial charge in [0.05, 0.1) is 22.5 Å². The number of amides is 2. The van der Waals surface area contributed by atoms with E-state index in [1.807, 2.05) is 13.0 Å². The number of unbranched alkanes of at least 4 members (excludes halogenated alkanes) is 1. The second-order valence-electron chi connectivity index (χ2n) is 5.69. The molecule has 0 unspecified atom stereocenters. The first kappa shape index (κ1) is 17.5. The number of furan rings is 1. The summed E-state index contributed by atoms with van der Waals surface area (Å²) in [6, 6.07) is 9.26. The topological polar surface area (TPSA) is 50.5 Å². The molecule has 6 heteroatoms. The molecule has 0 saturated carbocycles. The second-order valence-corrected chi connectivity index (χ2v) is 6.68. The molecular formula is C19H18FNO3S. The predicted molar refractivity (Wildman–Crippen MR) is 95.0 cm³/mol. The Morgan fingerprint density at radius 3 is 2.52 bits per heavy atom. The highest BCUT2D eigenvalue weighted by molar-refractivity contribution is 8.03. The Balaban J connectivity index is 1.93. The number of hydrogen-bond donors (Lipinski definition) is 0. The molecule has 1 aliphatic rings. The maximum absolute atomic E-state index is 13.2. The van der Waals surface area contributed by atoms with E-state index in [4.69, 9.17) is 4.42 Å². The molecular weight excluding hydrogens is 341 g/mol. The van der Waals surface area contributed by atoms with Crippen molar-refractivity contribution in [3.05, 3.63) is 64.7 Å². The average Bonchev–Trinajstić information content (AvgIpc) is 3.20. The maximum atomic E-state index is 13.2. The Morgan fingerprint density at radius 2 is 1.88 bits per heavy atom. The Hall–Kier alpha value is -2.34. The van der Waals surface area contributed by atoms with Gasteiger partial charge in [0.2, 0.25) is 0 Å². The molecule has 4 nitrogen and oxygen atoms in total. The lowest BCUT2D eigenvalue weighted by Gasteiger charge is -2.14. The van der Waals surface area contributed by atoms with Crippen molar-refractivity contribution >= 4 is 29.1 Å². The minimum atomic E-state index is -0.381. The van der Waals surface area contributed by atoms with Crippen molar-refractivity contribution < 1.29 is 18.4 Å². The fraction of sp³-hybridized carbons (Fsp3) is 0.263. The molecule has 0 aliphatic carbocycles. The quantitative estimate of drug-likeness (QED) is 0.694. The summed E-state index contributed by atoms with van der Waals surface area (Å²) in [6.07, 6.45) is 3.21. The first-order valence-corrected chi connectivity index (χ1v) is 9.12. The van der Waals surface area contributed by atoms with Crippen molar-refractivity contribution in [3.8, 4) is 0 Å². The Morgan fingerprint density at radius 1 is 1.12 bits per heavy atom. The second kappa shape index (κ2) is 7.70. The molecule has 1 aliphatic heterocycles. The van der Waals surface area contributed by atoms with Gasteiger partial charge < -0.3 is 4.42 Å². The lowest BCUT2D eigenvalue weighted by atomic mass is 10.1. The van der Waals surface area contributed by atoms with Crippen LogP contribution in [0.2, 0.25) is 0 Å². The van der Waals surface area contributed by atoms with Gasteiger partial charge in [-0.3, -0.25) is 14.5 Å². The van der Waals surface area contributed by atoms with Crippen LogP contribution in [-0.4, -0.2) is 23.3 Å². The van der Waals surface area contributed by atoms with Gasteiger partial charge in [-0.25, -0.2) is 4.39 Å². The lowest BCUT2D eigenvalue weighted by molar-refractivity contribution is -0.136. The van der Waals surface area contributed by atoms with Crippen LogP contribution in [0, 0.1) is 5.82 Å². The molecule has 2 heterocycles. The van der Waals surface area contributed by atoms with Crippen molar-refractivity contribution in [1.82, 2.24) is 4.90 Å². The summed E-state index contributed by atoms with van der Waals surface area (Å²) in [5.74, 6) is 0.200. The molecule has 130 valence electrons. The van der Waals surface area contributed by atoms with Gasteiger partial charge in [0.15, 0.2) is 0 Å². The monoisotopic (exact) mass is 359 g/mol. The summed E-state index contributed by atoms with van der Waals surface area (Å²) in [7, 11) is 0.